The van der Waals surface area contributed by atoms with Crippen molar-refractivity contribution in [3.05, 3.63) is 53.3 Å². The number of hydrogen-bond acceptors (Lipinski definition) is 5. The molecule has 0 atom stereocenters. The summed E-state index contributed by atoms with van der Waals surface area (Å²) in [6.45, 7) is 0.726. The summed E-state index contributed by atoms with van der Waals surface area (Å²) in [6.07, 6.45) is 3.41. The maximum atomic E-state index is 12.1. The third-order valence-corrected chi connectivity index (χ3v) is 4.74. The summed E-state index contributed by atoms with van der Waals surface area (Å²) in [4.78, 5) is 22.3. The number of anilines is 1. The molecule has 118 valence electrons. The van der Waals surface area contributed by atoms with E-state index in [1.54, 1.807) is 12.4 Å². The average Bonchev–Trinajstić information content (AvgIpc) is 3.00. The lowest BCUT2D eigenvalue weighted by molar-refractivity contribution is -0.119. The second-order valence-electron chi connectivity index (χ2n) is 5.07. The molecular weight excluding hydrogens is 332 g/mol. The Kier molecular flexibility index (Phi) is 4.73. The van der Waals surface area contributed by atoms with Gasteiger partial charge in [-0.2, -0.15) is 0 Å². The number of pyridine rings is 1. The first-order valence-corrected chi connectivity index (χ1v) is 8.25. The molecular formula is C16H15ClN4OS. The third-order valence-electron chi connectivity index (χ3n) is 3.30. The second kappa shape index (κ2) is 6.93. The predicted octanol–water partition coefficient (Wildman–Crippen LogP) is 3.10. The van der Waals surface area contributed by atoms with Gasteiger partial charge in [-0.15, -0.1) is 0 Å². The highest BCUT2D eigenvalue weighted by molar-refractivity contribution is 7.22. The number of nitrogens with one attached hydrogen (secondary N) is 1. The minimum atomic E-state index is -0.0605. The fraction of sp³-hybridized carbons (Fsp3) is 0.188. The molecule has 0 saturated heterocycles. The SMILES string of the molecule is CN(CC(=O)NCc1ccncc1)c1nc2c(Cl)cccc2s1. The van der Waals surface area contributed by atoms with Gasteiger partial charge in [0.05, 0.1) is 16.3 Å². The second-order valence-corrected chi connectivity index (χ2v) is 6.49. The Morgan fingerprint density at radius 2 is 2.09 bits per heavy atom. The predicted molar refractivity (Wildman–Crippen MR) is 94.0 cm³/mol. The number of fused-ring (bicyclic) bond motifs is 1. The molecule has 2 heterocycles. The molecule has 0 aliphatic rings. The van der Waals surface area contributed by atoms with Crippen molar-refractivity contribution in [3.63, 3.8) is 0 Å². The number of thiazole rings is 1. The molecule has 0 aliphatic heterocycles. The molecule has 1 N–H and O–H groups in total. The van der Waals surface area contributed by atoms with Crippen molar-refractivity contribution in [1.29, 1.82) is 0 Å². The van der Waals surface area contributed by atoms with E-state index in [0.29, 0.717) is 11.6 Å². The van der Waals surface area contributed by atoms with Gasteiger partial charge in [-0.05, 0) is 29.8 Å². The van der Waals surface area contributed by atoms with Gasteiger partial charge in [0.15, 0.2) is 5.13 Å². The number of likely N-dealkylation sites (N-methyl/N-ethyl adjacent to an activating group) is 1. The summed E-state index contributed by atoms with van der Waals surface area (Å²) in [7, 11) is 1.84. The van der Waals surface area contributed by atoms with Gasteiger partial charge in [-0.1, -0.05) is 29.0 Å². The van der Waals surface area contributed by atoms with Crippen molar-refractivity contribution in [2.24, 2.45) is 0 Å². The number of carbonyl (C=O) groups excluding carboxylic acids is 1. The first-order chi connectivity index (χ1) is 11.1. The van der Waals surface area contributed by atoms with Crippen molar-refractivity contribution in [2.75, 3.05) is 18.5 Å². The average molecular weight is 347 g/mol. The Morgan fingerprint density at radius 1 is 1.30 bits per heavy atom. The van der Waals surface area contributed by atoms with Crippen LogP contribution in [0.4, 0.5) is 5.13 Å². The third kappa shape index (κ3) is 3.78. The number of benzene rings is 1. The molecule has 0 fully saturated rings. The van der Waals surface area contributed by atoms with Crippen LogP contribution in [0, 0.1) is 0 Å². The van der Waals surface area contributed by atoms with Crippen molar-refractivity contribution >= 4 is 44.2 Å². The number of hydrogen-bond donors (Lipinski definition) is 1. The molecule has 0 saturated carbocycles. The number of carbonyl (C=O) groups is 1. The van der Waals surface area contributed by atoms with Crippen LogP contribution >= 0.6 is 22.9 Å². The first kappa shape index (κ1) is 15.7. The summed E-state index contributed by atoms with van der Waals surface area (Å²) >= 11 is 7.66. The van der Waals surface area contributed by atoms with Crippen LogP contribution in [0.15, 0.2) is 42.7 Å². The van der Waals surface area contributed by atoms with Gasteiger partial charge in [-0.3, -0.25) is 9.78 Å². The number of halogens is 1. The molecule has 5 nitrogen and oxygen atoms in total. The quantitative estimate of drug-likeness (QED) is 0.771. The Labute approximate surface area is 142 Å². The summed E-state index contributed by atoms with van der Waals surface area (Å²) in [5.41, 5.74) is 1.79. The summed E-state index contributed by atoms with van der Waals surface area (Å²) < 4.78 is 1.01. The van der Waals surface area contributed by atoms with E-state index >= 15 is 0 Å². The molecule has 0 spiro atoms. The van der Waals surface area contributed by atoms with Crippen LogP contribution in [0.1, 0.15) is 5.56 Å². The van der Waals surface area contributed by atoms with Gasteiger partial charge in [0.2, 0.25) is 5.91 Å². The molecule has 0 aliphatic carbocycles. The highest BCUT2D eigenvalue weighted by Crippen LogP contribution is 2.32. The molecule has 7 heteroatoms. The topological polar surface area (TPSA) is 58.1 Å². The Morgan fingerprint density at radius 3 is 2.83 bits per heavy atom. The standard InChI is InChI=1S/C16H15ClN4OS/c1-21(10-14(22)19-9-11-5-7-18-8-6-11)16-20-15-12(17)3-2-4-13(15)23-16/h2-8H,9-10H2,1H3,(H,19,22). The van der Waals surface area contributed by atoms with Crippen molar-refractivity contribution in [2.45, 2.75) is 6.54 Å². The lowest BCUT2D eigenvalue weighted by atomic mass is 10.3. The number of aromatic nitrogens is 2. The lowest BCUT2D eigenvalue weighted by Crippen LogP contribution is -2.34. The van der Waals surface area contributed by atoms with Gasteiger partial charge in [0, 0.05) is 26.0 Å². The van der Waals surface area contributed by atoms with E-state index in [2.05, 4.69) is 15.3 Å². The lowest BCUT2D eigenvalue weighted by Gasteiger charge is -2.15. The van der Waals surface area contributed by atoms with Crippen LogP contribution in [0.3, 0.4) is 0 Å². The smallest absolute Gasteiger partial charge is 0.239 e. The number of amides is 1. The molecule has 3 aromatic rings. The Balaban J connectivity index is 1.62. The van der Waals surface area contributed by atoms with Crippen molar-refractivity contribution < 1.29 is 4.79 Å². The van der Waals surface area contributed by atoms with Crippen LogP contribution in [0.25, 0.3) is 10.2 Å². The van der Waals surface area contributed by atoms with E-state index < -0.39 is 0 Å². The maximum Gasteiger partial charge on any atom is 0.239 e. The van der Waals surface area contributed by atoms with E-state index in [1.165, 1.54) is 11.3 Å². The minimum absolute atomic E-state index is 0.0605. The number of rotatable bonds is 5. The van der Waals surface area contributed by atoms with Crippen molar-refractivity contribution in [1.82, 2.24) is 15.3 Å². The molecule has 0 unspecified atom stereocenters. The van der Waals surface area contributed by atoms with Gasteiger partial charge in [0.25, 0.3) is 0 Å². The zero-order valence-electron chi connectivity index (χ0n) is 12.5. The summed E-state index contributed by atoms with van der Waals surface area (Å²) in [5, 5.41) is 4.28. The molecule has 0 radical (unpaired) electrons. The van der Waals surface area contributed by atoms with Crippen LogP contribution < -0.4 is 10.2 Å². The Bertz CT molecular complexity index is 821. The monoisotopic (exact) mass is 346 g/mol. The largest absolute Gasteiger partial charge is 0.350 e. The molecule has 23 heavy (non-hydrogen) atoms. The van der Waals surface area contributed by atoms with Crippen LogP contribution in [-0.4, -0.2) is 29.5 Å². The fourth-order valence-corrected chi connectivity index (χ4v) is 3.33. The first-order valence-electron chi connectivity index (χ1n) is 7.05. The van der Waals surface area contributed by atoms with E-state index in [9.17, 15) is 4.79 Å². The summed E-state index contributed by atoms with van der Waals surface area (Å²) in [6, 6.07) is 9.43. The molecule has 1 aromatic carbocycles. The normalized spacial score (nSPS) is 10.7. The Hall–Kier alpha value is -2.18. The maximum absolute atomic E-state index is 12.1. The molecule has 2 aromatic heterocycles. The van der Waals surface area contributed by atoms with E-state index in [4.69, 9.17) is 11.6 Å². The minimum Gasteiger partial charge on any atom is -0.350 e. The van der Waals surface area contributed by atoms with Crippen LogP contribution in [-0.2, 0) is 11.3 Å². The van der Waals surface area contributed by atoms with Gasteiger partial charge in [-0.25, -0.2) is 4.98 Å². The number of para-hydroxylation sites is 1. The van der Waals surface area contributed by atoms with E-state index in [0.717, 1.165) is 20.9 Å². The molecule has 1 amide bonds. The van der Waals surface area contributed by atoms with Crippen molar-refractivity contribution in [3.8, 4) is 0 Å². The summed E-state index contributed by atoms with van der Waals surface area (Å²) in [5.74, 6) is -0.0605. The van der Waals surface area contributed by atoms with Gasteiger partial charge in [0.1, 0.15) is 5.52 Å². The van der Waals surface area contributed by atoms with Gasteiger partial charge < -0.3 is 10.2 Å². The highest BCUT2D eigenvalue weighted by atomic mass is 35.5. The zero-order chi connectivity index (χ0) is 16.2. The van der Waals surface area contributed by atoms with Gasteiger partial charge >= 0.3 is 0 Å². The highest BCUT2D eigenvalue weighted by Gasteiger charge is 2.13. The van der Waals surface area contributed by atoms with E-state index in [1.807, 2.05) is 42.3 Å². The van der Waals surface area contributed by atoms with Crippen LogP contribution in [0.2, 0.25) is 5.02 Å². The fourth-order valence-electron chi connectivity index (χ4n) is 2.11. The molecule has 0 bridgehead atoms. The van der Waals surface area contributed by atoms with Crippen LogP contribution in [0.5, 0.6) is 0 Å². The van der Waals surface area contributed by atoms with E-state index in [-0.39, 0.29) is 12.5 Å². The number of nitrogens with zero attached hydrogens (tertiary/aromatic N) is 3. The molecule has 3 rings (SSSR count). The zero-order valence-corrected chi connectivity index (χ0v) is 14.1.